The van der Waals surface area contributed by atoms with Crippen molar-refractivity contribution in [3.05, 3.63) is 0 Å². The number of hydrogen-bond donors (Lipinski definition) is 7. The molecule has 0 aromatic carbocycles. The van der Waals surface area contributed by atoms with Gasteiger partial charge in [-0.15, -0.1) is 0 Å². The maximum absolute atomic E-state index is 11.0. The normalized spacial score (nSPS) is 34.9. The second-order valence-corrected chi connectivity index (χ2v) is 4.45. The van der Waals surface area contributed by atoms with Crippen LogP contribution in [-0.2, 0) is 14.3 Å². The van der Waals surface area contributed by atoms with Crippen LogP contribution in [0.15, 0.2) is 0 Å². The number of carboxylic acids is 2. The topological polar surface area (TPSA) is 177 Å². The van der Waals surface area contributed by atoms with Crippen molar-refractivity contribution in [1.29, 1.82) is 0 Å². The van der Waals surface area contributed by atoms with Crippen LogP contribution in [0.1, 0.15) is 6.42 Å². The Hall–Kier alpha value is -1.30. The van der Waals surface area contributed by atoms with Crippen LogP contribution in [0, 0.1) is 0 Å². The summed E-state index contributed by atoms with van der Waals surface area (Å²) in [6.45, 7) is -1.59. The van der Waals surface area contributed by atoms with E-state index in [0.717, 1.165) is 0 Å². The Morgan fingerprint density at radius 3 is 2.20 bits per heavy atom. The smallest absolute Gasteiger partial charge is 0.321 e. The van der Waals surface area contributed by atoms with Gasteiger partial charge in [0.2, 0.25) is 0 Å². The Morgan fingerprint density at radius 2 is 1.85 bits per heavy atom. The number of ether oxygens (including phenoxy) is 1. The molecule has 0 aromatic rings. The summed E-state index contributed by atoms with van der Waals surface area (Å²) in [6.07, 6.45) is -5.35. The number of nitrogens with one attached hydrogen (secondary N) is 1. The SMILES string of the molecule is O=C(O)C[C@H](N[C@@]1(CO)O[C@H](CO)[C@@H](O)[C@@H]1O)C(=O)O. The molecule has 116 valence electrons. The molecule has 0 radical (unpaired) electrons. The van der Waals surface area contributed by atoms with Crippen molar-refractivity contribution in [2.75, 3.05) is 13.2 Å². The van der Waals surface area contributed by atoms with Gasteiger partial charge in [-0.2, -0.15) is 0 Å². The molecule has 1 aliphatic heterocycles. The number of aliphatic hydroxyl groups excluding tert-OH is 4. The zero-order valence-corrected chi connectivity index (χ0v) is 10.3. The lowest BCUT2D eigenvalue weighted by atomic mass is 10.0. The number of carbonyl (C=O) groups is 2. The largest absolute Gasteiger partial charge is 0.481 e. The fourth-order valence-electron chi connectivity index (χ4n) is 2.00. The van der Waals surface area contributed by atoms with Crippen LogP contribution in [-0.4, -0.2) is 85.9 Å². The highest BCUT2D eigenvalue weighted by atomic mass is 16.6. The second-order valence-electron chi connectivity index (χ2n) is 4.45. The molecule has 1 rings (SSSR count). The van der Waals surface area contributed by atoms with Crippen molar-refractivity contribution < 1.29 is 45.0 Å². The number of rotatable bonds is 7. The lowest BCUT2D eigenvalue weighted by Gasteiger charge is -2.33. The van der Waals surface area contributed by atoms with Crippen molar-refractivity contribution in [2.45, 2.75) is 36.5 Å². The average Bonchev–Trinajstić information content (AvgIpc) is 2.62. The fourth-order valence-corrected chi connectivity index (χ4v) is 2.00. The van der Waals surface area contributed by atoms with Crippen molar-refractivity contribution in [2.24, 2.45) is 0 Å². The van der Waals surface area contributed by atoms with Crippen LogP contribution in [0.2, 0.25) is 0 Å². The minimum atomic E-state index is -2.06. The molecule has 1 aliphatic rings. The molecule has 0 aliphatic carbocycles. The van der Waals surface area contributed by atoms with Gasteiger partial charge in [0.1, 0.15) is 24.4 Å². The van der Waals surface area contributed by atoms with E-state index < -0.39 is 61.7 Å². The van der Waals surface area contributed by atoms with Crippen LogP contribution >= 0.6 is 0 Å². The summed E-state index contributed by atoms with van der Waals surface area (Å²) in [5.41, 5.74) is -2.06. The van der Waals surface area contributed by atoms with Crippen molar-refractivity contribution in [3.63, 3.8) is 0 Å². The van der Waals surface area contributed by atoms with Gasteiger partial charge in [0, 0.05) is 0 Å². The Balaban J connectivity index is 2.94. The second kappa shape index (κ2) is 6.43. The third kappa shape index (κ3) is 3.23. The van der Waals surface area contributed by atoms with Crippen molar-refractivity contribution in [3.8, 4) is 0 Å². The molecule has 5 atom stereocenters. The van der Waals surface area contributed by atoms with Gasteiger partial charge in [-0.05, 0) is 0 Å². The van der Waals surface area contributed by atoms with E-state index in [1.807, 2.05) is 0 Å². The van der Waals surface area contributed by atoms with E-state index in [-0.39, 0.29) is 0 Å². The van der Waals surface area contributed by atoms with E-state index in [1.165, 1.54) is 0 Å². The third-order valence-electron chi connectivity index (χ3n) is 3.05. The number of hydrogen-bond acceptors (Lipinski definition) is 8. The Morgan fingerprint density at radius 1 is 1.25 bits per heavy atom. The lowest BCUT2D eigenvalue weighted by molar-refractivity contribution is -0.162. The van der Waals surface area contributed by atoms with Gasteiger partial charge in [-0.1, -0.05) is 0 Å². The van der Waals surface area contributed by atoms with Crippen LogP contribution in [0.4, 0.5) is 0 Å². The minimum absolute atomic E-state index is 0.668. The standard InChI is InChI=1S/C10H17NO9/c12-2-5-7(16)8(17)10(3-13,20-5)11-4(9(18)19)1-6(14)15/h4-5,7-8,11-13,16-17H,1-3H2,(H,14,15)(H,18,19)/t4-,5+,7+,8-,10-/m0/s1. The van der Waals surface area contributed by atoms with E-state index in [2.05, 4.69) is 5.32 Å². The van der Waals surface area contributed by atoms with Gasteiger partial charge in [-0.25, -0.2) is 0 Å². The molecule has 1 fully saturated rings. The average molecular weight is 295 g/mol. The Labute approximate surface area is 113 Å². The van der Waals surface area contributed by atoms with Crippen LogP contribution in [0.5, 0.6) is 0 Å². The highest BCUT2D eigenvalue weighted by Gasteiger charge is 2.55. The molecule has 20 heavy (non-hydrogen) atoms. The van der Waals surface area contributed by atoms with E-state index >= 15 is 0 Å². The molecular formula is C10H17NO9. The molecular weight excluding hydrogens is 278 g/mol. The summed E-state index contributed by atoms with van der Waals surface area (Å²) >= 11 is 0. The van der Waals surface area contributed by atoms with E-state index in [0.29, 0.717) is 0 Å². The zero-order valence-electron chi connectivity index (χ0n) is 10.3. The predicted molar refractivity (Wildman–Crippen MR) is 60.6 cm³/mol. The van der Waals surface area contributed by atoms with Crippen molar-refractivity contribution in [1.82, 2.24) is 5.32 Å². The van der Waals surface area contributed by atoms with Crippen LogP contribution in [0.3, 0.4) is 0 Å². The summed E-state index contributed by atoms with van der Waals surface area (Å²) in [5, 5.41) is 57.4. The zero-order chi connectivity index (χ0) is 15.5. The molecule has 1 saturated heterocycles. The van der Waals surface area contributed by atoms with E-state index in [9.17, 15) is 24.9 Å². The molecule has 0 aromatic heterocycles. The maximum atomic E-state index is 11.0. The summed E-state index contributed by atoms with van der Waals surface area (Å²) < 4.78 is 5.07. The first-order valence-corrected chi connectivity index (χ1v) is 5.75. The molecule has 0 bridgehead atoms. The molecule has 7 N–H and O–H groups in total. The molecule has 0 amide bonds. The lowest BCUT2D eigenvalue weighted by Crippen LogP contribution is -2.62. The summed E-state index contributed by atoms with van der Waals surface area (Å²) in [4.78, 5) is 21.6. The molecule has 0 spiro atoms. The molecule has 1 heterocycles. The first-order chi connectivity index (χ1) is 9.27. The summed E-state index contributed by atoms with van der Waals surface area (Å²) in [5.74, 6) is -2.94. The van der Waals surface area contributed by atoms with Gasteiger partial charge >= 0.3 is 11.9 Å². The molecule has 0 saturated carbocycles. The Kier molecular flexibility index (Phi) is 5.39. The van der Waals surface area contributed by atoms with Crippen LogP contribution < -0.4 is 5.32 Å². The number of carboxylic acid groups (broad SMARTS) is 2. The monoisotopic (exact) mass is 295 g/mol. The van der Waals surface area contributed by atoms with Crippen molar-refractivity contribution >= 4 is 11.9 Å². The number of aliphatic hydroxyl groups is 4. The van der Waals surface area contributed by atoms with Gasteiger partial charge in [0.25, 0.3) is 0 Å². The summed E-state index contributed by atoms with van der Waals surface area (Å²) in [7, 11) is 0. The third-order valence-corrected chi connectivity index (χ3v) is 3.05. The predicted octanol–water partition coefficient (Wildman–Crippen LogP) is -3.69. The fraction of sp³-hybridized carbons (Fsp3) is 0.800. The van der Waals surface area contributed by atoms with Gasteiger partial charge in [0.05, 0.1) is 19.6 Å². The maximum Gasteiger partial charge on any atom is 0.321 e. The van der Waals surface area contributed by atoms with Gasteiger partial charge < -0.3 is 35.4 Å². The minimum Gasteiger partial charge on any atom is -0.481 e. The Bertz CT molecular complexity index is 376. The first-order valence-electron chi connectivity index (χ1n) is 5.75. The van der Waals surface area contributed by atoms with Gasteiger partial charge in [-0.3, -0.25) is 14.9 Å². The highest BCUT2D eigenvalue weighted by Crippen LogP contribution is 2.29. The van der Waals surface area contributed by atoms with E-state index in [1.54, 1.807) is 0 Å². The first kappa shape index (κ1) is 16.8. The summed E-state index contributed by atoms with van der Waals surface area (Å²) in [6, 6.07) is -1.65. The van der Waals surface area contributed by atoms with E-state index in [4.69, 9.17) is 20.1 Å². The molecule has 0 unspecified atom stereocenters. The molecule has 10 nitrogen and oxygen atoms in total. The van der Waals surface area contributed by atoms with Gasteiger partial charge in [0.15, 0.2) is 5.72 Å². The quantitative estimate of drug-likeness (QED) is 0.247. The number of aliphatic carboxylic acids is 2. The van der Waals surface area contributed by atoms with Crippen LogP contribution in [0.25, 0.3) is 0 Å². The molecule has 10 heteroatoms. The highest BCUT2D eigenvalue weighted by molar-refractivity contribution is 5.80.